The number of nitrogens with one attached hydrogen (secondary N) is 1. The minimum atomic E-state index is -0.279. The molecule has 1 aromatic rings. The Kier molecular flexibility index (Phi) is 5.23. The maximum Gasteiger partial charge on any atom is 0.124 e. The summed E-state index contributed by atoms with van der Waals surface area (Å²) in [6, 6.07) is 4.99. The van der Waals surface area contributed by atoms with Crippen LogP contribution >= 0.6 is 11.6 Å². The number of hydrogen-bond acceptors (Lipinski definition) is 1. The lowest BCUT2D eigenvalue weighted by Crippen LogP contribution is -2.29. The van der Waals surface area contributed by atoms with Crippen molar-refractivity contribution in [1.82, 2.24) is 5.32 Å². The molecule has 0 aliphatic rings. The number of likely N-dealkylation sites (N-methyl/N-ethyl adjacent to an activating group) is 1. The van der Waals surface area contributed by atoms with Crippen molar-refractivity contribution >= 4 is 11.6 Å². The number of hydrogen-bond donors (Lipinski definition) is 1. The van der Waals surface area contributed by atoms with Crippen molar-refractivity contribution in [2.75, 3.05) is 7.05 Å². The van der Waals surface area contributed by atoms with E-state index in [1.165, 1.54) is 12.1 Å². The maximum atomic E-state index is 12.9. The van der Waals surface area contributed by atoms with Gasteiger partial charge in [-0.05, 0) is 43.5 Å². The highest BCUT2D eigenvalue weighted by Crippen LogP contribution is 2.20. The van der Waals surface area contributed by atoms with Gasteiger partial charge in [-0.3, -0.25) is 0 Å². The highest BCUT2D eigenvalue weighted by Gasteiger charge is 2.11. The van der Waals surface area contributed by atoms with Gasteiger partial charge in [0.1, 0.15) is 5.82 Å². The third-order valence-corrected chi connectivity index (χ3v) is 3.00. The van der Waals surface area contributed by atoms with E-state index in [0.717, 1.165) is 18.4 Å². The fraction of sp³-hybridized carbons (Fsp3) is 0.538. The summed E-state index contributed by atoms with van der Waals surface area (Å²) in [5.74, 6) is 0.357. The predicted molar refractivity (Wildman–Crippen MR) is 67.4 cm³/mol. The van der Waals surface area contributed by atoms with Gasteiger partial charge < -0.3 is 5.32 Å². The Morgan fingerprint density at radius 3 is 2.56 bits per heavy atom. The van der Waals surface area contributed by atoms with Crippen LogP contribution in [0.2, 0.25) is 5.02 Å². The van der Waals surface area contributed by atoms with Crippen molar-refractivity contribution in [2.45, 2.75) is 32.7 Å². The lowest BCUT2D eigenvalue weighted by atomic mass is 9.97. The molecule has 0 aliphatic carbocycles. The molecule has 0 heterocycles. The first-order valence-electron chi connectivity index (χ1n) is 5.64. The van der Waals surface area contributed by atoms with E-state index in [9.17, 15) is 4.39 Å². The summed E-state index contributed by atoms with van der Waals surface area (Å²) in [5, 5.41) is 3.79. The summed E-state index contributed by atoms with van der Waals surface area (Å²) in [6.45, 7) is 4.38. The van der Waals surface area contributed by atoms with Gasteiger partial charge in [-0.25, -0.2) is 4.39 Å². The van der Waals surface area contributed by atoms with Crippen molar-refractivity contribution in [3.05, 3.63) is 34.6 Å². The van der Waals surface area contributed by atoms with Crippen LogP contribution in [0.5, 0.6) is 0 Å². The van der Waals surface area contributed by atoms with Crippen LogP contribution in [-0.4, -0.2) is 13.1 Å². The topological polar surface area (TPSA) is 12.0 Å². The van der Waals surface area contributed by atoms with E-state index < -0.39 is 0 Å². The molecular formula is C13H19ClFN. The van der Waals surface area contributed by atoms with Crippen LogP contribution in [0.3, 0.4) is 0 Å². The van der Waals surface area contributed by atoms with Gasteiger partial charge in [-0.1, -0.05) is 31.5 Å². The van der Waals surface area contributed by atoms with E-state index in [-0.39, 0.29) is 5.82 Å². The summed E-state index contributed by atoms with van der Waals surface area (Å²) in [6.07, 6.45) is 1.93. The van der Waals surface area contributed by atoms with E-state index in [2.05, 4.69) is 19.2 Å². The molecule has 1 nitrogen and oxygen atoms in total. The number of rotatable bonds is 5. The fourth-order valence-electron chi connectivity index (χ4n) is 1.82. The molecule has 1 atom stereocenters. The Bertz CT molecular complexity index is 339. The van der Waals surface area contributed by atoms with E-state index in [1.807, 2.05) is 7.05 Å². The third kappa shape index (κ3) is 4.11. The molecule has 0 saturated heterocycles. The molecule has 0 aliphatic heterocycles. The first-order chi connectivity index (χ1) is 7.52. The molecule has 1 unspecified atom stereocenters. The molecule has 0 spiro atoms. The zero-order valence-electron chi connectivity index (χ0n) is 10.1. The van der Waals surface area contributed by atoms with Crippen molar-refractivity contribution in [2.24, 2.45) is 5.92 Å². The van der Waals surface area contributed by atoms with Gasteiger partial charge in [0, 0.05) is 11.1 Å². The highest BCUT2D eigenvalue weighted by molar-refractivity contribution is 6.31. The lowest BCUT2D eigenvalue weighted by Gasteiger charge is -2.19. The minimum absolute atomic E-state index is 0.279. The molecular weight excluding hydrogens is 225 g/mol. The quantitative estimate of drug-likeness (QED) is 0.832. The first kappa shape index (κ1) is 13.5. The second-order valence-corrected chi connectivity index (χ2v) is 4.96. The van der Waals surface area contributed by atoms with Crippen LogP contribution in [0.1, 0.15) is 25.8 Å². The Hall–Kier alpha value is -0.600. The lowest BCUT2D eigenvalue weighted by molar-refractivity contribution is 0.441. The van der Waals surface area contributed by atoms with Gasteiger partial charge in [0.2, 0.25) is 0 Å². The largest absolute Gasteiger partial charge is 0.317 e. The van der Waals surface area contributed by atoms with E-state index in [0.29, 0.717) is 17.0 Å². The Morgan fingerprint density at radius 2 is 2.06 bits per heavy atom. The van der Waals surface area contributed by atoms with Gasteiger partial charge in [0.15, 0.2) is 0 Å². The zero-order chi connectivity index (χ0) is 12.1. The van der Waals surface area contributed by atoms with Crippen LogP contribution in [0.4, 0.5) is 4.39 Å². The van der Waals surface area contributed by atoms with E-state index in [4.69, 9.17) is 11.6 Å². The van der Waals surface area contributed by atoms with Crippen LogP contribution < -0.4 is 5.32 Å². The maximum absolute atomic E-state index is 12.9. The van der Waals surface area contributed by atoms with Crippen molar-refractivity contribution < 1.29 is 4.39 Å². The first-order valence-corrected chi connectivity index (χ1v) is 6.02. The summed E-state index contributed by atoms with van der Waals surface area (Å²) in [4.78, 5) is 0. The molecule has 1 N–H and O–H groups in total. The molecule has 0 aromatic heterocycles. The third-order valence-electron chi connectivity index (χ3n) is 2.65. The standard InChI is InChI=1S/C13H19ClFN/c1-9(2)6-12(16-3)7-10-4-5-11(15)8-13(10)14/h4-5,8-9,12,16H,6-7H2,1-3H3. The molecule has 0 radical (unpaired) electrons. The SMILES string of the molecule is CNC(Cc1ccc(F)cc1Cl)CC(C)C. The molecule has 0 saturated carbocycles. The summed E-state index contributed by atoms with van der Waals surface area (Å²) >= 11 is 6.00. The molecule has 3 heteroatoms. The Labute approximate surface area is 102 Å². The summed E-state index contributed by atoms with van der Waals surface area (Å²) in [5.41, 5.74) is 1.00. The molecule has 0 fully saturated rings. The Balaban J connectivity index is 2.70. The van der Waals surface area contributed by atoms with Gasteiger partial charge in [-0.2, -0.15) is 0 Å². The molecule has 0 amide bonds. The summed E-state index contributed by atoms with van der Waals surface area (Å²) < 4.78 is 12.9. The molecule has 0 bridgehead atoms. The van der Waals surface area contributed by atoms with Gasteiger partial charge >= 0.3 is 0 Å². The molecule has 1 rings (SSSR count). The minimum Gasteiger partial charge on any atom is -0.317 e. The van der Waals surface area contributed by atoms with Gasteiger partial charge in [-0.15, -0.1) is 0 Å². The average molecular weight is 244 g/mol. The number of halogens is 2. The van der Waals surface area contributed by atoms with E-state index in [1.54, 1.807) is 6.07 Å². The average Bonchev–Trinajstić information content (AvgIpc) is 2.20. The smallest absolute Gasteiger partial charge is 0.124 e. The number of benzene rings is 1. The molecule has 90 valence electrons. The zero-order valence-corrected chi connectivity index (χ0v) is 10.8. The highest BCUT2D eigenvalue weighted by atomic mass is 35.5. The predicted octanol–water partition coefficient (Wildman–Crippen LogP) is 3.66. The monoisotopic (exact) mass is 243 g/mol. The van der Waals surface area contributed by atoms with Crippen molar-refractivity contribution in [3.63, 3.8) is 0 Å². The van der Waals surface area contributed by atoms with Crippen LogP contribution in [0, 0.1) is 11.7 Å². The van der Waals surface area contributed by atoms with Crippen LogP contribution in [-0.2, 0) is 6.42 Å². The fourth-order valence-corrected chi connectivity index (χ4v) is 2.07. The second-order valence-electron chi connectivity index (χ2n) is 4.56. The van der Waals surface area contributed by atoms with Gasteiger partial charge in [0.05, 0.1) is 0 Å². The van der Waals surface area contributed by atoms with Crippen LogP contribution in [0.25, 0.3) is 0 Å². The normalized spacial score (nSPS) is 13.1. The molecule has 1 aromatic carbocycles. The van der Waals surface area contributed by atoms with Crippen molar-refractivity contribution in [3.8, 4) is 0 Å². The van der Waals surface area contributed by atoms with Gasteiger partial charge in [0.25, 0.3) is 0 Å². The molecule has 16 heavy (non-hydrogen) atoms. The Morgan fingerprint density at radius 1 is 1.38 bits per heavy atom. The van der Waals surface area contributed by atoms with E-state index >= 15 is 0 Å². The van der Waals surface area contributed by atoms with Crippen LogP contribution in [0.15, 0.2) is 18.2 Å². The van der Waals surface area contributed by atoms with Crippen molar-refractivity contribution in [1.29, 1.82) is 0 Å². The second kappa shape index (κ2) is 6.21. The summed E-state index contributed by atoms with van der Waals surface area (Å²) in [7, 11) is 1.95.